The SMILES string of the molecule is CC/C(=C\c1cc(OC)ccc1OC)[N+](=O)[O-]. The number of allylic oxidation sites excluding steroid dienone is 1. The van der Waals surface area contributed by atoms with Gasteiger partial charge >= 0.3 is 0 Å². The number of hydrogen-bond donors (Lipinski definition) is 0. The highest BCUT2D eigenvalue weighted by Gasteiger charge is 2.10. The summed E-state index contributed by atoms with van der Waals surface area (Å²) >= 11 is 0. The fraction of sp³-hybridized carbons (Fsp3) is 0.333. The lowest BCUT2D eigenvalue weighted by Crippen LogP contribution is -1.97. The Labute approximate surface area is 99.8 Å². The Bertz CT molecular complexity index is 440. The second-order valence-electron chi connectivity index (χ2n) is 3.35. The fourth-order valence-corrected chi connectivity index (χ4v) is 1.42. The van der Waals surface area contributed by atoms with Gasteiger partial charge in [-0.15, -0.1) is 0 Å². The maximum Gasteiger partial charge on any atom is 0.246 e. The van der Waals surface area contributed by atoms with Gasteiger partial charge in [0.15, 0.2) is 0 Å². The molecule has 1 rings (SSSR count). The van der Waals surface area contributed by atoms with E-state index in [4.69, 9.17) is 9.47 Å². The zero-order chi connectivity index (χ0) is 12.8. The van der Waals surface area contributed by atoms with Crippen LogP contribution in [0.2, 0.25) is 0 Å². The normalized spacial score (nSPS) is 11.1. The second-order valence-corrected chi connectivity index (χ2v) is 3.35. The van der Waals surface area contributed by atoms with Gasteiger partial charge in [-0.3, -0.25) is 10.1 Å². The van der Waals surface area contributed by atoms with Crippen molar-refractivity contribution in [1.29, 1.82) is 0 Å². The van der Waals surface area contributed by atoms with Crippen molar-refractivity contribution >= 4 is 6.08 Å². The van der Waals surface area contributed by atoms with E-state index in [1.165, 1.54) is 13.2 Å². The zero-order valence-electron chi connectivity index (χ0n) is 10.1. The molecule has 17 heavy (non-hydrogen) atoms. The molecule has 0 saturated heterocycles. The Balaban J connectivity index is 3.22. The van der Waals surface area contributed by atoms with Crippen molar-refractivity contribution < 1.29 is 14.4 Å². The summed E-state index contributed by atoms with van der Waals surface area (Å²) in [6, 6.07) is 5.17. The molecule has 0 amide bonds. The maximum absolute atomic E-state index is 10.8. The molecule has 0 spiro atoms. The van der Waals surface area contributed by atoms with Gasteiger partial charge in [0.05, 0.1) is 19.1 Å². The molecule has 0 atom stereocenters. The molecule has 0 radical (unpaired) electrons. The minimum atomic E-state index is -0.390. The van der Waals surface area contributed by atoms with E-state index >= 15 is 0 Å². The molecule has 0 bridgehead atoms. The van der Waals surface area contributed by atoms with Crippen LogP contribution >= 0.6 is 0 Å². The smallest absolute Gasteiger partial charge is 0.246 e. The Morgan fingerprint density at radius 2 is 2.12 bits per heavy atom. The van der Waals surface area contributed by atoms with Crippen LogP contribution in [0.25, 0.3) is 6.08 Å². The summed E-state index contributed by atoms with van der Waals surface area (Å²) in [4.78, 5) is 10.4. The molecule has 0 aliphatic carbocycles. The minimum absolute atomic E-state index is 0.136. The first-order chi connectivity index (χ1) is 8.12. The number of nitro groups is 1. The molecule has 0 saturated carbocycles. The van der Waals surface area contributed by atoms with Crippen molar-refractivity contribution in [2.24, 2.45) is 0 Å². The first-order valence-corrected chi connectivity index (χ1v) is 5.19. The van der Waals surface area contributed by atoms with Crippen molar-refractivity contribution in [2.75, 3.05) is 14.2 Å². The van der Waals surface area contributed by atoms with E-state index in [-0.39, 0.29) is 10.6 Å². The molecule has 1 aromatic carbocycles. The Kier molecular flexibility index (Phi) is 4.51. The van der Waals surface area contributed by atoms with Gasteiger partial charge in [0.2, 0.25) is 5.70 Å². The predicted octanol–water partition coefficient (Wildman–Crippen LogP) is 2.73. The van der Waals surface area contributed by atoms with Crippen LogP contribution < -0.4 is 9.47 Å². The molecule has 0 heterocycles. The van der Waals surface area contributed by atoms with E-state index in [1.807, 2.05) is 0 Å². The highest BCUT2D eigenvalue weighted by Crippen LogP contribution is 2.26. The summed E-state index contributed by atoms with van der Waals surface area (Å²) in [6.07, 6.45) is 1.86. The van der Waals surface area contributed by atoms with E-state index in [2.05, 4.69) is 0 Å². The highest BCUT2D eigenvalue weighted by atomic mass is 16.6. The highest BCUT2D eigenvalue weighted by molar-refractivity contribution is 5.60. The molecular formula is C12H15NO4. The van der Waals surface area contributed by atoms with E-state index in [9.17, 15) is 10.1 Å². The van der Waals surface area contributed by atoms with Gasteiger partial charge < -0.3 is 9.47 Å². The van der Waals surface area contributed by atoms with Gasteiger partial charge in [-0.1, -0.05) is 6.92 Å². The molecule has 0 aliphatic heterocycles. The van der Waals surface area contributed by atoms with Crippen LogP contribution in [0, 0.1) is 10.1 Å². The van der Waals surface area contributed by atoms with Gasteiger partial charge in [-0.2, -0.15) is 0 Å². The van der Waals surface area contributed by atoms with Crippen molar-refractivity contribution in [1.82, 2.24) is 0 Å². The molecular weight excluding hydrogens is 222 g/mol. The van der Waals surface area contributed by atoms with Crippen LogP contribution in [0.5, 0.6) is 11.5 Å². The molecule has 92 valence electrons. The van der Waals surface area contributed by atoms with Gasteiger partial charge in [0, 0.05) is 18.1 Å². The quantitative estimate of drug-likeness (QED) is 0.583. The maximum atomic E-state index is 10.8. The largest absolute Gasteiger partial charge is 0.497 e. The lowest BCUT2D eigenvalue weighted by molar-refractivity contribution is -0.425. The Hall–Kier alpha value is -2.04. The average Bonchev–Trinajstić information content (AvgIpc) is 2.35. The summed E-state index contributed by atoms with van der Waals surface area (Å²) in [7, 11) is 3.07. The third kappa shape index (κ3) is 3.21. The Morgan fingerprint density at radius 3 is 2.59 bits per heavy atom. The number of nitrogens with zero attached hydrogens (tertiary/aromatic N) is 1. The van der Waals surface area contributed by atoms with Crippen molar-refractivity contribution in [3.05, 3.63) is 39.6 Å². The number of methoxy groups -OCH3 is 2. The van der Waals surface area contributed by atoms with Gasteiger partial charge in [0.1, 0.15) is 11.5 Å². The number of benzene rings is 1. The third-order valence-electron chi connectivity index (χ3n) is 2.36. The summed E-state index contributed by atoms with van der Waals surface area (Å²) in [5.41, 5.74) is 0.775. The molecule has 5 nitrogen and oxygen atoms in total. The second kappa shape index (κ2) is 5.89. The van der Waals surface area contributed by atoms with Gasteiger partial charge in [0.25, 0.3) is 0 Å². The third-order valence-corrected chi connectivity index (χ3v) is 2.36. The van der Waals surface area contributed by atoms with E-state index in [0.29, 0.717) is 23.5 Å². The van der Waals surface area contributed by atoms with Crippen molar-refractivity contribution in [3.8, 4) is 11.5 Å². The average molecular weight is 237 g/mol. The lowest BCUT2D eigenvalue weighted by atomic mass is 10.1. The van der Waals surface area contributed by atoms with Crippen LogP contribution in [0.4, 0.5) is 0 Å². The number of rotatable bonds is 5. The molecule has 0 aromatic heterocycles. The van der Waals surface area contributed by atoms with Crippen LogP contribution in [0.15, 0.2) is 23.9 Å². The summed E-state index contributed by atoms with van der Waals surface area (Å²) in [5, 5.41) is 10.8. The fourth-order valence-electron chi connectivity index (χ4n) is 1.42. The van der Waals surface area contributed by atoms with Crippen LogP contribution in [-0.2, 0) is 0 Å². The lowest BCUT2D eigenvalue weighted by Gasteiger charge is -2.07. The van der Waals surface area contributed by atoms with Crippen molar-refractivity contribution in [3.63, 3.8) is 0 Å². The molecule has 0 unspecified atom stereocenters. The summed E-state index contributed by atoms with van der Waals surface area (Å²) in [5.74, 6) is 1.22. The van der Waals surface area contributed by atoms with Gasteiger partial charge in [-0.05, 0) is 18.2 Å². The van der Waals surface area contributed by atoms with E-state index in [0.717, 1.165) is 0 Å². The number of hydrogen-bond acceptors (Lipinski definition) is 4. The zero-order valence-corrected chi connectivity index (χ0v) is 10.1. The number of ether oxygens (including phenoxy) is 2. The standard InChI is InChI=1S/C12H15NO4/c1-4-10(13(14)15)7-9-8-11(16-2)5-6-12(9)17-3/h5-8H,4H2,1-3H3/b10-7+. The molecule has 1 aromatic rings. The monoisotopic (exact) mass is 237 g/mol. The topological polar surface area (TPSA) is 61.6 Å². The Morgan fingerprint density at radius 1 is 1.41 bits per heavy atom. The summed E-state index contributed by atoms with van der Waals surface area (Å²) in [6.45, 7) is 1.74. The van der Waals surface area contributed by atoms with Gasteiger partial charge in [-0.25, -0.2) is 0 Å². The first kappa shape index (κ1) is 13.0. The van der Waals surface area contributed by atoms with E-state index < -0.39 is 0 Å². The van der Waals surface area contributed by atoms with Crippen LogP contribution in [0.3, 0.4) is 0 Å². The van der Waals surface area contributed by atoms with E-state index in [1.54, 1.807) is 32.2 Å². The van der Waals surface area contributed by atoms with Crippen molar-refractivity contribution in [2.45, 2.75) is 13.3 Å². The van der Waals surface area contributed by atoms with Crippen LogP contribution in [0.1, 0.15) is 18.9 Å². The predicted molar refractivity (Wildman–Crippen MR) is 64.8 cm³/mol. The van der Waals surface area contributed by atoms with Crippen LogP contribution in [-0.4, -0.2) is 19.1 Å². The summed E-state index contributed by atoms with van der Waals surface area (Å²) < 4.78 is 10.2. The molecule has 0 fully saturated rings. The molecule has 0 N–H and O–H groups in total. The molecule has 0 aliphatic rings. The minimum Gasteiger partial charge on any atom is -0.497 e. The first-order valence-electron chi connectivity index (χ1n) is 5.19. The molecule has 5 heteroatoms.